The summed E-state index contributed by atoms with van der Waals surface area (Å²) in [5.74, 6) is -1.29. The van der Waals surface area contributed by atoms with Crippen molar-refractivity contribution >= 4 is 29.0 Å². The van der Waals surface area contributed by atoms with Gasteiger partial charge < -0.3 is 3.07 Å². The quantitative estimate of drug-likeness (QED) is 0.690. The molecule has 0 amide bonds. The minimum Gasteiger partial charge on any atom is -0.394 e. The van der Waals surface area contributed by atoms with Gasteiger partial charge >= 0.3 is 12.1 Å². The standard InChI is InChI=1S/C5H6F3IO2/c1-4(2,3(10)11-9)5(6,7)8/h1-2H3. The molecule has 0 aromatic carbocycles. The second kappa shape index (κ2) is 3.16. The Hall–Kier alpha value is -0.0100. The van der Waals surface area contributed by atoms with Crippen molar-refractivity contribution in [1.82, 2.24) is 0 Å². The molecule has 0 heterocycles. The lowest BCUT2D eigenvalue weighted by Gasteiger charge is -2.23. The first-order valence-corrected chi connectivity index (χ1v) is 3.51. The monoisotopic (exact) mass is 282 g/mol. The zero-order valence-corrected chi connectivity index (χ0v) is 7.99. The van der Waals surface area contributed by atoms with Gasteiger partial charge in [0.1, 0.15) is 0 Å². The van der Waals surface area contributed by atoms with Gasteiger partial charge in [0, 0.05) is 0 Å². The highest BCUT2D eigenvalue weighted by Gasteiger charge is 2.54. The van der Waals surface area contributed by atoms with E-state index in [1.54, 1.807) is 0 Å². The maximum absolute atomic E-state index is 12.0. The van der Waals surface area contributed by atoms with Crippen LogP contribution in [0.15, 0.2) is 0 Å². The van der Waals surface area contributed by atoms with Crippen LogP contribution < -0.4 is 0 Å². The Morgan fingerprint density at radius 2 is 1.73 bits per heavy atom. The van der Waals surface area contributed by atoms with Gasteiger partial charge in [0.05, 0.1) is 0 Å². The molecule has 0 atom stereocenters. The summed E-state index contributed by atoms with van der Waals surface area (Å²) in [6.45, 7) is 1.54. The summed E-state index contributed by atoms with van der Waals surface area (Å²) in [7, 11) is 0. The lowest BCUT2D eigenvalue weighted by molar-refractivity contribution is -0.217. The van der Waals surface area contributed by atoms with E-state index in [4.69, 9.17) is 0 Å². The van der Waals surface area contributed by atoms with Crippen LogP contribution in [-0.2, 0) is 7.86 Å². The molecule has 0 saturated heterocycles. The van der Waals surface area contributed by atoms with E-state index in [0.717, 1.165) is 36.9 Å². The summed E-state index contributed by atoms with van der Waals surface area (Å²) in [5.41, 5.74) is -2.42. The van der Waals surface area contributed by atoms with Crippen LogP contribution in [0.4, 0.5) is 13.2 Å². The third-order valence-electron chi connectivity index (χ3n) is 1.29. The minimum atomic E-state index is -4.56. The molecule has 2 nitrogen and oxygen atoms in total. The molecule has 0 aliphatic rings. The summed E-state index contributed by atoms with van der Waals surface area (Å²) in [4.78, 5) is 10.5. The molecule has 11 heavy (non-hydrogen) atoms. The number of halogens is 4. The summed E-state index contributed by atoms with van der Waals surface area (Å²) in [6.07, 6.45) is -4.56. The molecule has 0 aromatic rings. The van der Waals surface area contributed by atoms with Crippen LogP contribution in [-0.4, -0.2) is 12.1 Å². The molecule has 0 aliphatic carbocycles. The highest BCUT2D eigenvalue weighted by molar-refractivity contribution is 14.1. The van der Waals surface area contributed by atoms with Crippen molar-refractivity contribution in [3.05, 3.63) is 0 Å². The van der Waals surface area contributed by atoms with E-state index in [9.17, 15) is 18.0 Å². The second-order valence-electron chi connectivity index (χ2n) is 2.49. The summed E-state index contributed by atoms with van der Waals surface area (Å²) in [6, 6.07) is 0. The third kappa shape index (κ3) is 2.21. The maximum Gasteiger partial charge on any atom is 0.404 e. The lowest BCUT2D eigenvalue weighted by atomic mass is 9.93. The average Bonchev–Trinajstić information content (AvgIpc) is 1.83. The predicted molar refractivity (Wildman–Crippen MR) is 39.9 cm³/mol. The van der Waals surface area contributed by atoms with Crippen molar-refractivity contribution in [2.75, 3.05) is 0 Å². The van der Waals surface area contributed by atoms with E-state index in [0.29, 0.717) is 0 Å². The Labute approximate surface area is 75.8 Å². The van der Waals surface area contributed by atoms with Gasteiger partial charge in [0.15, 0.2) is 28.4 Å². The van der Waals surface area contributed by atoms with Crippen molar-refractivity contribution < 1.29 is 21.0 Å². The molecule has 0 N–H and O–H groups in total. The molecule has 66 valence electrons. The van der Waals surface area contributed by atoms with Crippen LogP contribution in [0.1, 0.15) is 13.8 Å². The SMILES string of the molecule is CC(C)(C(=O)OI)C(F)(F)F. The largest absolute Gasteiger partial charge is 0.404 e. The Kier molecular flexibility index (Phi) is 3.15. The van der Waals surface area contributed by atoms with Gasteiger partial charge in [-0.15, -0.1) is 0 Å². The fraction of sp³-hybridized carbons (Fsp3) is 0.800. The van der Waals surface area contributed by atoms with Crippen molar-refractivity contribution in [3.63, 3.8) is 0 Å². The van der Waals surface area contributed by atoms with Gasteiger partial charge in [-0.1, -0.05) is 0 Å². The minimum absolute atomic E-state index is 0.772. The predicted octanol–water partition coefficient (Wildman–Crippen LogP) is 2.47. The fourth-order valence-electron chi connectivity index (χ4n) is 0.212. The molecule has 0 bridgehead atoms. The second-order valence-corrected chi connectivity index (χ2v) is 2.93. The van der Waals surface area contributed by atoms with Crippen LogP contribution >= 0.6 is 23.0 Å². The molecule has 0 radical (unpaired) electrons. The first kappa shape index (κ1) is 11.0. The molecule has 0 rings (SSSR count). The Morgan fingerprint density at radius 3 is 1.82 bits per heavy atom. The average molecular weight is 282 g/mol. The Morgan fingerprint density at radius 1 is 1.36 bits per heavy atom. The lowest BCUT2D eigenvalue weighted by Crippen LogP contribution is -2.39. The summed E-state index contributed by atoms with van der Waals surface area (Å²) < 4.78 is 39.9. The Bertz CT molecular complexity index is 164. The van der Waals surface area contributed by atoms with Gasteiger partial charge in [0.25, 0.3) is 0 Å². The van der Waals surface area contributed by atoms with Gasteiger partial charge in [-0.3, -0.25) is 4.79 Å². The molecule has 0 spiro atoms. The molecular formula is C5H6F3IO2. The molecule has 0 unspecified atom stereocenters. The highest BCUT2D eigenvalue weighted by Crippen LogP contribution is 2.38. The van der Waals surface area contributed by atoms with Crippen molar-refractivity contribution in [3.8, 4) is 0 Å². The van der Waals surface area contributed by atoms with Crippen LogP contribution in [0.5, 0.6) is 0 Å². The maximum atomic E-state index is 12.0. The number of alkyl halides is 3. The number of hydrogen-bond acceptors (Lipinski definition) is 2. The number of rotatable bonds is 1. The number of hydrogen-bond donors (Lipinski definition) is 0. The smallest absolute Gasteiger partial charge is 0.394 e. The van der Waals surface area contributed by atoms with Gasteiger partial charge in [0.2, 0.25) is 0 Å². The molecule has 0 saturated carbocycles. The fourth-order valence-corrected chi connectivity index (χ4v) is 0.763. The zero-order valence-electron chi connectivity index (χ0n) is 5.83. The van der Waals surface area contributed by atoms with Crippen LogP contribution in [0.3, 0.4) is 0 Å². The van der Waals surface area contributed by atoms with E-state index >= 15 is 0 Å². The van der Waals surface area contributed by atoms with Crippen molar-refractivity contribution in [2.24, 2.45) is 5.41 Å². The van der Waals surface area contributed by atoms with Crippen molar-refractivity contribution in [2.45, 2.75) is 20.0 Å². The molecule has 0 aromatic heterocycles. The van der Waals surface area contributed by atoms with Crippen LogP contribution in [0, 0.1) is 5.41 Å². The van der Waals surface area contributed by atoms with E-state index in [2.05, 4.69) is 3.07 Å². The van der Waals surface area contributed by atoms with Crippen molar-refractivity contribution in [1.29, 1.82) is 0 Å². The first-order chi connectivity index (χ1) is 4.73. The zero-order chi connectivity index (χ0) is 9.28. The van der Waals surface area contributed by atoms with Crippen LogP contribution in [0.25, 0.3) is 0 Å². The van der Waals surface area contributed by atoms with E-state index in [1.165, 1.54) is 0 Å². The molecule has 0 fully saturated rings. The molecule has 0 aliphatic heterocycles. The van der Waals surface area contributed by atoms with Gasteiger partial charge in [-0.05, 0) is 13.8 Å². The topological polar surface area (TPSA) is 26.3 Å². The molecular weight excluding hydrogens is 276 g/mol. The van der Waals surface area contributed by atoms with E-state index < -0.39 is 17.6 Å². The normalized spacial score (nSPS) is 12.9. The highest BCUT2D eigenvalue weighted by atomic mass is 127. The first-order valence-electron chi connectivity index (χ1n) is 2.63. The number of carbonyl (C=O) groups excluding carboxylic acids is 1. The third-order valence-corrected chi connectivity index (χ3v) is 1.69. The van der Waals surface area contributed by atoms with Gasteiger partial charge in [-0.25, -0.2) is 0 Å². The van der Waals surface area contributed by atoms with Crippen LogP contribution in [0.2, 0.25) is 0 Å². The van der Waals surface area contributed by atoms with Gasteiger partial charge in [-0.2, -0.15) is 13.2 Å². The Balaban J connectivity index is 4.59. The van der Waals surface area contributed by atoms with E-state index in [1.807, 2.05) is 0 Å². The summed E-state index contributed by atoms with van der Waals surface area (Å²) >= 11 is 1.13. The molecule has 6 heteroatoms. The summed E-state index contributed by atoms with van der Waals surface area (Å²) in [5, 5.41) is 0. The van der Waals surface area contributed by atoms with E-state index in [-0.39, 0.29) is 0 Å². The number of carbonyl (C=O) groups is 1.